The Morgan fingerprint density at radius 1 is 1.08 bits per heavy atom. The van der Waals surface area contributed by atoms with Crippen molar-refractivity contribution in [3.8, 4) is 5.75 Å². The minimum atomic E-state index is -4.15. The van der Waals surface area contributed by atoms with E-state index in [-0.39, 0.29) is 33.1 Å². The number of carbonyl (C=O) groups excluding carboxylic acids is 2. The van der Waals surface area contributed by atoms with Gasteiger partial charge in [-0.05, 0) is 60.1 Å². The van der Waals surface area contributed by atoms with Crippen LogP contribution in [0.5, 0.6) is 5.75 Å². The molecule has 0 atom stereocenters. The van der Waals surface area contributed by atoms with Crippen molar-refractivity contribution in [3.05, 3.63) is 58.1 Å². The Labute approximate surface area is 154 Å². The maximum absolute atomic E-state index is 12.5. The SMILES string of the molecule is CCOC(=O)c1ccc(S(=O)(=O)Oc2cccc(C(C)=O)c2)c(Br)c1. The summed E-state index contributed by atoms with van der Waals surface area (Å²) in [6.07, 6.45) is 0. The Morgan fingerprint density at radius 2 is 1.80 bits per heavy atom. The minimum absolute atomic E-state index is 0.0223. The highest BCUT2D eigenvalue weighted by Gasteiger charge is 2.22. The smallest absolute Gasteiger partial charge is 0.340 e. The fourth-order valence-electron chi connectivity index (χ4n) is 1.98. The van der Waals surface area contributed by atoms with Crippen molar-refractivity contribution < 1.29 is 26.9 Å². The molecule has 0 radical (unpaired) electrons. The number of esters is 1. The monoisotopic (exact) mass is 426 g/mol. The van der Waals surface area contributed by atoms with Crippen LogP contribution in [0.15, 0.2) is 51.8 Å². The van der Waals surface area contributed by atoms with Crippen LogP contribution in [0.25, 0.3) is 0 Å². The van der Waals surface area contributed by atoms with Crippen LogP contribution < -0.4 is 4.18 Å². The number of hydrogen-bond donors (Lipinski definition) is 0. The Hall–Kier alpha value is -2.19. The lowest BCUT2D eigenvalue weighted by molar-refractivity contribution is 0.0526. The molecular formula is C17H15BrO6S. The van der Waals surface area contributed by atoms with Crippen molar-refractivity contribution in [2.45, 2.75) is 18.7 Å². The summed E-state index contributed by atoms with van der Waals surface area (Å²) in [6.45, 7) is 3.26. The average molecular weight is 427 g/mol. The minimum Gasteiger partial charge on any atom is -0.462 e. The zero-order valence-corrected chi connectivity index (χ0v) is 15.9. The Kier molecular flexibility index (Phi) is 5.97. The summed E-state index contributed by atoms with van der Waals surface area (Å²) < 4.78 is 35.0. The summed E-state index contributed by atoms with van der Waals surface area (Å²) in [6, 6.07) is 9.81. The summed E-state index contributed by atoms with van der Waals surface area (Å²) >= 11 is 3.13. The number of carbonyl (C=O) groups is 2. The lowest BCUT2D eigenvalue weighted by Crippen LogP contribution is -2.12. The average Bonchev–Trinajstić information content (AvgIpc) is 2.54. The molecule has 0 N–H and O–H groups in total. The van der Waals surface area contributed by atoms with Gasteiger partial charge in [-0.2, -0.15) is 8.42 Å². The highest BCUT2D eigenvalue weighted by molar-refractivity contribution is 9.10. The van der Waals surface area contributed by atoms with Gasteiger partial charge >= 0.3 is 16.1 Å². The van der Waals surface area contributed by atoms with Gasteiger partial charge in [0.25, 0.3) is 0 Å². The third-order valence-electron chi connectivity index (χ3n) is 3.16. The molecule has 132 valence electrons. The first-order valence-electron chi connectivity index (χ1n) is 7.26. The van der Waals surface area contributed by atoms with E-state index in [2.05, 4.69) is 15.9 Å². The lowest BCUT2D eigenvalue weighted by atomic mass is 10.1. The van der Waals surface area contributed by atoms with Crippen LogP contribution >= 0.6 is 15.9 Å². The predicted octanol–water partition coefficient (Wildman–Crippen LogP) is 3.60. The molecule has 0 spiro atoms. The van der Waals surface area contributed by atoms with Gasteiger partial charge in [0.05, 0.1) is 12.2 Å². The van der Waals surface area contributed by atoms with E-state index in [9.17, 15) is 18.0 Å². The normalized spacial score (nSPS) is 11.0. The van der Waals surface area contributed by atoms with Gasteiger partial charge in [-0.15, -0.1) is 0 Å². The van der Waals surface area contributed by atoms with Crippen LogP contribution in [-0.2, 0) is 14.9 Å². The first-order valence-corrected chi connectivity index (χ1v) is 9.47. The summed E-state index contributed by atoms with van der Waals surface area (Å²) in [4.78, 5) is 22.9. The Bertz CT molecular complexity index is 920. The van der Waals surface area contributed by atoms with E-state index in [1.54, 1.807) is 13.0 Å². The maximum atomic E-state index is 12.5. The van der Waals surface area contributed by atoms with Crippen LogP contribution in [0, 0.1) is 0 Å². The van der Waals surface area contributed by atoms with Crippen molar-refractivity contribution >= 4 is 37.8 Å². The Balaban J connectivity index is 2.32. The van der Waals surface area contributed by atoms with Gasteiger partial charge in [0.2, 0.25) is 0 Å². The third kappa shape index (κ3) is 4.67. The standard InChI is InChI=1S/C17H15BrO6S/c1-3-23-17(20)13-7-8-16(15(18)10-13)25(21,22)24-14-6-4-5-12(9-14)11(2)19/h4-10H,3H2,1-2H3. The van der Waals surface area contributed by atoms with E-state index in [0.717, 1.165) is 0 Å². The van der Waals surface area contributed by atoms with Gasteiger partial charge < -0.3 is 8.92 Å². The second kappa shape index (κ2) is 7.79. The summed E-state index contributed by atoms with van der Waals surface area (Å²) in [5, 5.41) is 0. The van der Waals surface area contributed by atoms with E-state index >= 15 is 0 Å². The number of Topliss-reactive ketones (excluding diaryl/α,β-unsaturated/α-hetero) is 1. The second-order valence-corrected chi connectivity index (χ2v) is 7.36. The first kappa shape index (κ1) is 19.1. The quantitative estimate of drug-likeness (QED) is 0.398. The molecule has 0 saturated heterocycles. The van der Waals surface area contributed by atoms with Crippen molar-refractivity contribution in [1.82, 2.24) is 0 Å². The molecular weight excluding hydrogens is 412 g/mol. The summed E-state index contributed by atoms with van der Waals surface area (Å²) in [5.41, 5.74) is 0.552. The molecule has 2 rings (SSSR count). The zero-order valence-electron chi connectivity index (χ0n) is 13.5. The third-order valence-corrected chi connectivity index (χ3v) is 5.38. The highest BCUT2D eigenvalue weighted by atomic mass is 79.9. The summed E-state index contributed by atoms with van der Waals surface area (Å²) in [5.74, 6) is -0.737. The van der Waals surface area contributed by atoms with E-state index in [1.165, 1.54) is 43.3 Å². The molecule has 0 aliphatic rings. The van der Waals surface area contributed by atoms with Crippen LogP contribution in [0.3, 0.4) is 0 Å². The number of ether oxygens (including phenoxy) is 1. The molecule has 25 heavy (non-hydrogen) atoms. The second-order valence-electron chi connectivity index (χ2n) is 4.99. The topological polar surface area (TPSA) is 86.7 Å². The molecule has 2 aromatic rings. The first-order chi connectivity index (χ1) is 11.7. The van der Waals surface area contributed by atoms with Gasteiger partial charge in [-0.1, -0.05) is 12.1 Å². The molecule has 0 aliphatic heterocycles. The van der Waals surface area contributed by atoms with Gasteiger partial charge in [0.1, 0.15) is 10.6 Å². The number of rotatable bonds is 6. The van der Waals surface area contributed by atoms with Crippen LogP contribution in [0.1, 0.15) is 34.6 Å². The van der Waals surface area contributed by atoms with Crippen LogP contribution in [-0.4, -0.2) is 26.8 Å². The molecule has 0 bridgehead atoms. The molecule has 0 heterocycles. The molecule has 0 aromatic heterocycles. The molecule has 0 unspecified atom stereocenters. The molecule has 6 nitrogen and oxygen atoms in total. The van der Waals surface area contributed by atoms with Crippen molar-refractivity contribution in [2.75, 3.05) is 6.61 Å². The van der Waals surface area contributed by atoms with Gasteiger partial charge in [-0.3, -0.25) is 4.79 Å². The van der Waals surface area contributed by atoms with Crippen molar-refractivity contribution in [1.29, 1.82) is 0 Å². The molecule has 8 heteroatoms. The number of hydrogen-bond acceptors (Lipinski definition) is 6. The van der Waals surface area contributed by atoms with E-state index in [0.29, 0.717) is 5.56 Å². The molecule has 0 amide bonds. The number of benzene rings is 2. The number of ketones is 1. The molecule has 0 fully saturated rings. The predicted molar refractivity (Wildman–Crippen MR) is 94.4 cm³/mol. The van der Waals surface area contributed by atoms with Crippen molar-refractivity contribution in [3.63, 3.8) is 0 Å². The number of halogens is 1. The largest absolute Gasteiger partial charge is 0.462 e. The zero-order chi connectivity index (χ0) is 18.6. The Morgan fingerprint density at radius 3 is 2.40 bits per heavy atom. The van der Waals surface area contributed by atoms with E-state index in [1.807, 2.05) is 0 Å². The fourth-order valence-corrected chi connectivity index (χ4v) is 3.94. The molecule has 0 aliphatic carbocycles. The lowest BCUT2D eigenvalue weighted by Gasteiger charge is -2.10. The van der Waals surface area contributed by atoms with Gasteiger partial charge in [0.15, 0.2) is 5.78 Å². The fraction of sp³-hybridized carbons (Fsp3) is 0.176. The summed E-state index contributed by atoms with van der Waals surface area (Å²) in [7, 11) is -4.15. The van der Waals surface area contributed by atoms with Crippen LogP contribution in [0.4, 0.5) is 0 Å². The van der Waals surface area contributed by atoms with Gasteiger partial charge in [0, 0.05) is 10.0 Å². The van der Waals surface area contributed by atoms with Crippen LogP contribution in [0.2, 0.25) is 0 Å². The van der Waals surface area contributed by atoms with E-state index < -0.39 is 16.1 Å². The van der Waals surface area contributed by atoms with Gasteiger partial charge in [-0.25, -0.2) is 4.79 Å². The maximum Gasteiger partial charge on any atom is 0.340 e. The van der Waals surface area contributed by atoms with E-state index in [4.69, 9.17) is 8.92 Å². The highest BCUT2D eigenvalue weighted by Crippen LogP contribution is 2.27. The molecule has 2 aromatic carbocycles. The van der Waals surface area contributed by atoms with Crippen molar-refractivity contribution in [2.24, 2.45) is 0 Å². The molecule has 0 saturated carbocycles.